The van der Waals surface area contributed by atoms with E-state index in [1.54, 1.807) is 10.8 Å². The molecule has 5 rings (SSSR count). The fourth-order valence-electron chi connectivity index (χ4n) is 3.92. The number of ether oxygens (including phenoxy) is 2. The average Bonchev–Trinajstić information content (AvgIpc) is 3.41. The van der Waals surface area contributed by atoms with Crippen molar-refractivity contribution >= 4 is 11.5 Å². The van der Waals surface area contributed by atoms with E-state index in [0.717, 1.165) is 50.2 Å². The van der Waals surface area contributed by atoms with E-state index >= 15 is 0 Å². The normalized spacial score (nSPS) is 23.6. The van der Waals surface area contributed by atoms with Crippen LogP contribution in [0.4, 0.5) is 5.82 Å². The van der Waals surface area contributed by atoms with Gasteiger partial charge in [-0.15, -0.1) is 0 Å². The SMILES string of the molecule is c1cn(C2CCC(Oc3nc(N4CCOCC4)cc4ncnn34)CC2)cn1. The van der Waals surface area contributed by atoms with Crippen molar-refractivity contribution in [2.45, 2.75) is 37.8 Å². The van der Waals surface area contributed by atoms with Gasteiger partial charge in [-0.3, -0.25) is 0 Å². The van der Waals surface area contributed by atoms with E-state index in [2.05, 4.69) is 24.5 Å². The standard InChI is InChI=1S/C18H23N7O2/c1-3-15(4-2-14(1)24-6-5-19-13-24)27-18-22-17(23-7-9-26-10-8-23)11-16-20-12-21-25(16)18/h5-6,11-15H,1-4,7-10H2. The van der Waals surface area contributed by atoms with Gasteiger partial charge in [0.25, 0.3) is 0 Å². The van der Waals surface area contributed by atoms with Gasteiger partial charge in [-0.1, -0.05) is 0 Å². The number of morpholine rings is 1. The molecule has 1 saturated carbocycles. The largest absolute Gasteiger partial charge is 0.460 e. The maximum Gasteiger partial charge on any atom is 0.321 e. The lowest BCUT2D eigenvalue weighted by atomic mass is 9.93. The number of nitrogens with zero attached hydrogens (tertiary/aromatic N) is 7. The molecule has 142 valence electrons. The summed E-state index contributed by atoms with van der Waals surface area (Å²) in [7, 11) is 0. The number of rotatable bonds is 4. The predicted octanol–water partition coefficient (Wildman–Crippen LogP) is 1.72. The van der Waals surface area contributed by atoms with Crippen LogP contribution in [0.5, 0.6) is 6.01 Å². The summed E-state index contributed by atoms with van der Waals surface area (Å²) in [6.07, 6.45) is 11.6. The Kier molecular flexibility index (Phi) is 4.36. The highest BCUT2D eigenvalue weighted by Crippen LogP contribution is 2.31. The van der Waals surface area contributed by atoms with Crippen LogP contribution in [0.2, 0.25) is 0 Å². The molecule has 0 unspecified atom stereocenters. The third-order valence-corrected chi connectivity index (χ3v) is 5.42. The highest BCUT2D eigenvalue weighted by Gasteiger charge is 2.25. The van der Waals surface area contributed by atoms with Gasteiger partial charge in [0, 0.05) is 37.6 Å². The minimum atomic E-state index is 0.143. The van der Waals surface area contributed by atoms with E-state index in [1.807, 2.05) is 24.8 Å². The maximum atomic E-state index is 6.29. The number of fused-ring (bicyclic) bond motifs is 1. The van der Waals surface area contributed by atoms with Gasteiger partial charge in [0.15, 0.2) is 5.65 Å². The number of hydrogen-bond donors (Lipinski definition) is 0. The zero-order valence-corrected chi connectivity index (χ0v) is 15.1. The van der Waals surface area contributed by atoms with Crippen molar-refractivity contribution in [2.24, 2.45) is 0 Å². The van der Waals surface area contributed by atoms with Gasteiger partial charge in [0.2, 0.25) is 0 Å². The zero-order chi connectivity index (χ0) is 18.1. The first kappa shape index (κ1) is 16.5. The van der Waals surface area contributed by atoms with Crippen molar-refractivity contribution in [3.05, 3.63) is 31.1 Å². The lowest BCUT2D eigenvalue weighted by Gasteiger charge is -2.30. The Hall–Kier alpha value is -2.68. The number of hydrogen-bond acceptors (Lipinski definition) is 7. The van der Waals surface area contributed by atoms with Gasteiger partial charge >= 0.3 is 6.01 Å². The van der Waals surface area contributed by atoms with Crippen LogP contribution in [0, 0.1) is 0 Å². The van der Waals surface area contributed by atoms with Crippen LogP contribution in [0.3, 0.4) is 0 Å². The number of anilines is 1. The van der Waals surface area contributed by atoms with Crippen LogP contribution in [0.1, 0.15) is 31.7 Å². The molecule has 9 nitrogen and oxygen atoms in total. The molecule has 2 aliphatic rings. The molecule has 0 amide bonds. The molecule has 4 heterocycles. The molecule has 0 atom stereocenters. The first-order valence-electron chi connectivity index (χ1n) is 9.54. The highest BCUT2D eigenvalue weighted by atomic mass is 16.5. The second-order valence-corrected chi connectivity index (χ2v) is 7.08. The predicted molar refractivity (Wildman–Crippen MR) is 98.0 cm³/mol. The minimum Gasteiger partial charge on any atom is -0.460 e. The first-order valence-corrected chi connectivity index (χ1v) is 9.54. The molecule has 27 heavy (non-hydrogen) atoms. The lowest BCUT2D eigenvalue weighted by Crippen LogP contribution is -2.37. The second kappa shape index (κ2) is 7.15. The monoisotopic (exact) mass is 369 g/mol. The minimum absolute atomic E-state index is 0.143. The van der Waals surface area contributed by atoms with E-state index in [4.69, 9.17) is 14.5 Å². The second-order valence-electron chi connectivity index (χ2n) is 7.08. The van der Waals surface area contributed by atoms with E-state index in [-0.39, 0.29) is 6.10 Å². The fourth-order valence-corrected chi connectivity index (χ4v) is 3.92. The van der Waals surface area contributed by atoms with Crippen LogP contribution in [0.25, 0.3) is 5.65 Å². The Morgan fingerprint density at radius 3 is 2.74 bits per heavy atom. The summed E-state index contributed by atoms with van der Waals surface area (Å²) in [4.78, 5) is 15.5. The van der Waals surface area contributed by atoms with Gasteiger partial charge in [0.05, 0.1) is 19.5 Å². The van der Waals surface area contributed by atoms with Crippen LogP contribution >= 0.6 is 0 Å². The molecule has 0 N–H and O–H groups in total. The van der Waals surface area contributed by atoms with Gasteiger partial charge < -0.3 is 18.9 Å². The van der Waals surface area contributed by atoms with Crippen molar-refractivity contribution in [1.82, 2.24) is 29.1 Å². The summed E-state index contributed by atoms with van der Waals surface area (Å²) in [5.41, 5.74) is 0.758. The van der Waals surface area contributed by atoms with Crippen LogP contribution in [-0.2, 0) is 4.74 Å². The van der Waals surface area contributed by atoms with Crippen molar-refractivity contribution in [2.75, 3.05) is 31.2 Å². The smallest absolute Gasteiger partial charge is 0.321 e. The zero-order valence-electron chi connectivity index (χ0n) is 15.1. The molecule has 0 bridgehead atoms. The van der Waals surface area contributed by atoms with Crippen molar-refractivity contribution in [3.63, 3.8) is 0 Å². The topological polar surface area (TPSA) is 82.6 Å². The molecule has 9 heteroatoms. The summed E-state index contributed by atoms with van der Waals surface area (Å²) in [6, 6.07) is 2.99. The Bertz CT molecular complexity index is 880. The molecular weight excluding hydrogens is 346 g/mol. The Labute approximate surface area is 156 Å². The fraction of sp³-hybridized carbons (Fsp3) is 0.556. The molecule has 1 aliphatic carbocycles. The summed E-state index contributed by atoms with van der Waals surface area (Å²) in [5.74, 6) is 0.876. The summed E-state index contributed by atoms with van der Waals surface area (Å²) >= 11 is 0. The summed E-state index contributed by atoms with van der Waals surface area (Å²) in [5, 5.41) is 4.29. The Morgan fingerprint density at radius 1 is 1.11 bits per heavy atom. The van der Waals surface area contributed by atoms with E-state index in [1.165, 1.54) is 0 Å². The molecular formula is C18H23N7O2. The molecule has 0 spiro atoms. The number of imidazole rings is 1. The molecule has 1 saturated heterocycles. The van der Waals surface area contributed by atoms with Crippen molar-refractivity contribution in [3.8, 4) is 6.01 Å². The molecule has 2 fully saturated rings. The average molecular weight is 369 g/mol. The quantitative estimate of drug-likeness (QED) is 0.692. The number of aromatic nitrogens is 6. The van der Waals surface area contributed by atoms with Crippen LogP contribution in [-0.4, -0.2) is 61.5 Å². The van der Waals surface area contributed by atoms with Gasteiger partial charge in [-0.25, -0.2) is 9.97 Å². The summed E-state index contributed by atoms with van der Waals surface area (Å²) in [6.45, 7) is 3.08. The van der Waals surface area contributed by atoms with Gasteiger partial charge in [0.1, 0.15) is 18.2 Å². The molecule has 3 aromatic rings. The molecule has 1 aliphatic heterocycles. The van der Waals surface area contributed by atoms with E-state index in [9.17, 15) is 0 Å². The van der Waals surface area contributed by atoms with Crippen LogP contribution < -0.4 is 9.64 Å². The van der Waals surface area contributed by atoms with Crippen molar-refractivity contribution < 1.29 is 9.47 Å². The molecule has 0 aromatic carbocycles. The first-order chi connectivity index (χ1) is 13.4. The van der Waals surface area contributed by atoms with Crippen molar-refractivity contribution in [1.29, 1.82) is 0 Å². The molecule has 0 radical (unpaired) electrons. The maximum absolute atomic E-state index is 6.29. The molecule has 3 aromatic heterocycles. The third-order valence-electron chi connectivity index (χ3n) is 5.42. The van der Waals surface area contributed by atoms with E-state index < -0.39 is 0 Å². The lowest BCUT2D eigenvalue weighted by molar-refractivity contribution is 0.116. The Balaban J connectivity index is 1.33. The van der Waals surface area contributed by atoms with E-state index in [0.29, 0.717) is 25.3 Å². The Morgan fingerprint density at radius 2 is 1.96 bits per heavy atom. The highest BCUT2D eigenvalue weighted by molar-refractivity contribution is 5.52. The third kappa shape index (κ3) is 3.34. The van der Waals surface area contributed by atoms with Gasteiger partial charge in [-0.2, -0.15) is 14.6 Å². The summed E-state index contributed by atoms with van der Waals surface area (Å²) < 4.78 is 15.6. The van der Waals surface area contributed by atoms with Gasteiger partial charge in [-0.05, 0) is 25.7 Å². The van der Waals surface area contributed by atoms with Crippen LogP contribution in [0.15, 0.2) is 31.1 Å².